The van der Waals surface area contributed by atoms with Gasteiger partial charge in [-0.2, -0.15) is 0 Å². The fourth-order valence-corrected chi connectivity index (χ4v) is 1.34. The maximum atomic E-state index is 13.0. The molecule has 1 aromatic rings. The van der Waals surface area contributed by atoms with Crippen LogP contribution in [0.25, 0.3) is 0 Å². The summed E-state index contributed by atoms with van der Waals surface area (Å²) >= 11 is 0. The Labute approximate surface area is 105 Å². The van der Waals surface area contributed by atoms with E-state index in [1.54, 1.807) is 19.9 Å². The lowest BCUT2D eigenvalue weighted by molar-refractivity contribution is -0.150. The number of carbonyl (C=O) groups is 2. The number of rotatable bonds is 4. The van der Waals surface area contributed by atoms with E-state index < -0.39 is 23.6 Å². The van der Waals surface area contributed by atoms with Crippen LogP contribution < -0.4 is 5.32 Å². The van der Waals surface area contributed by atoms with Gasteiger partial charge in [-0.1, -0.05) is 6.07 Å². The molecule has 0 fully saturated rings. The maximum absolute atomic E-state index is 13.0. The molecule has 98 valence electrons. The molecule has 1 N–H and O–H groups in total. The summed E-state index contributed by atoms with van der Waals surface area (Å²) in [6.45, 7) is 5.07. The lowest BCUT2D eigenvalue weighted by Crippen LogP contribution is -2.29. The Morgan fingerprint density at radius 2 is 2.11 bits per heavy atom. The minimum atomic E-state index is -0.924. The summed E-state index contributed by atoms with van der Waals surface area (Å²) in [6, 6.07) is 4.07. The molecule has 1 amide bonds. The van der Waals surface area contributed by atoms with E-state index >= 15 is 0 Å². The normalized spacial score (nSPS) is 11.8. The molecule has 0 heterocycles. The second kappa shape index (κ2) is 6.14. The lowest BCUT2D eigenvalue weighted by Gasteiger charge is -2.12. The van der Waals surface area contributed by atoms with Crippen molar-refractivity contribution >= 4 is 17.6 Å². The number of anilines is 1. The van der Waals surface area contributed by atoms with Gasteiger partial charge in [-0.25, -0.2) is 4.39 Å². The fourth-order valence-electron chi connectivity index (χ4n) is 1.34. The zero-order valence-electron chi connectivity index (χ0n) is 10.6. The lowest BCUT2D eigenvalue weighted by atomic mass is 10.1. The third kappa shape index (κ3) is 3.55. The number of aryl methyl sites for hydroxylation is 1. The van der Waals surface area contributed by atoms with E-state index in [2.05, 4.69) is 5.32 Å². The van der Waals surface area contributed by atoms with E-state index in [0.29, 0.717) is 5.69 Å². The van der Waals surface area contributed by atoms with E-state index in [4.69, 9.17) is 4.74 Å². The van der Waals surface area contributed by atoms with Gasteiger partial charge in [0.1, 0.15) is 11.7 Å². The van der Waals surface area contributed by atoms with Crippen LogP contribution in [-0.2, 0) is 14.3 Å². The molecule has 0 saturated heterocycles. The van der Waals surface area contributed by atoms with Gasteiger partial charge in [0.05, 0.1) is 6.61 Å². The number of hydrogen-bond acceptors (Lipinski definition) is 3. The van der Waals surface area contributed by atoms with Crippen molar-refractivity contribution < 1.29 is 18.7 Å². The van der Waals surface area contributed by atoms with Crippen molar-refractivity contribution in [3.05, 3.63) is 29.6 Å². The molecule has 0 aromatic heterocycles. The molecule has 0 spiro atoms. The molecule has 1 atom stereocenters. The number of hydrogen-bond donors (Lipinski definition) is 1. The van der Waals surface area contributed by atoms with Crippen molar-refractivity contribution in [2.24, 2.45) is 5.92 Å². The first kappa shape index (κ1) is 14.2. The number of amides is 1. The SMILES string of the molecule is CCOC(=O)C(C)C(=O)Nc1cc(F)ccc1C. The third-order valence-electron chi connectivity index (χ3n) is 2.49. The highest BCUT2D eigenvalue weighted by Crippen LogP contribution is 2.17. The van der Waals surface area contributed by atoms with E-state index in [0.717, 1.165) is 5.56 Å². The third-order valence-corrected chi connectivity index (χ3v) is 2.49. The van der Waals surface area contributed by atoms with Crippen molar-refractivity contribution in [3.8, 4) is 0 Å². The summed E-state index contributed by atoms with van der Waals surface area (Å²) in [5.41, 5.74) is 1.08. The van der Waals surface area contributed by atoms with Gasteiger partial charge in [0, 0.05) is 5.69 Å². The van der Waals surface area contributed by atoms with Crippen LogP contribution in [0, 0.1) is 18.7 Å². The smallest absolute Gasteiger partial charge is 0.318 e. The molecule has 0 saturated carbocycles. The average Bonchev–Trinajstić information content (AvgIpc) is 2.33. The van der Waals surface area contributed by atoms with Gasteiger partial charge in [-0.3, -0.25) is 9.59 Å². The Kier molecular flexibility index (Phi) is 4.83. The molecule has 18 heavy (non-hydrogen) atoms. The number of esters is 1. The van der Waals surface area contributed by atoms with E-state index in [1.807, 2.05) is 0 Å². The number of carbonyl (C=O) groups excluding carboxylic acids is 2. The summed E-state index contributed by atoms with van der Waals surface area (Å²) < 4.78 is 17.8. The zero-order chi connectivity index (χ0) is 13.7. The standard InChI is InChI=1S/C13H16FNO3/c1-4-18-13(17)9(3)12(16)15-11-7-10(14)6-5-8(11)2/h5-7,9H,4H2,1-3H3,(H,15,16). The van der Waals surface area contributed by atoms with Crippen LogP contribution in [0.4, 0.5) is 10.1 Å². The van der Waals surface area contributed by atoms with Gasteiger partial charge in [0.15, 0.2) is 0 Å². The molecular formula is C13H16FNO3. The minimum absolute atomic E-state index is 0.218. The van der Waals surface area contributed by atoms with Gasteiger partial charge in [0.25, 0.3) is 0 Å². The van der Waals surface area contributed by atoms with Crippen molar-refractivity contribution in [2.75, 3.05) is 11.9 Å². The Hall–Kier alpha value is -1.91. The minimum Gasteiger partial charge on any atom is -0.465 e. The molecule has 0 aliphatic heterocycles. The Morgan fingerprint density at radius 3 is 2.72 bits per heavy atom. The summed E-state index contributed by atoms with van der Waals surface area (Å²) in [7, 11) is 0. The first-order valence-corrected chi connectivity index (χ1v) is 5.69. The van der Waals surface area contributed by atoms with E-state index in [9.17, 15) is 14.0 Å². The Bertz CT molecular complexity index is 460. The predicted molar refractivity (Wildman–Crippen MR) is 65.6 cm³/mol. The van der Waals surface area contributed by atoms with Crippen molar-refractivity contribution in [2.45, 2.75) is 20.8 Å². The molecule has 0 radical (unpaired) electrons. The van der Waals surface area contributed by atoms with Gasteiger partial charge in [-0.15, -0.1) is 0 Å². The summed E-state index contributed by atoms with van der Waals surface area (Å²) in [5, 5.41) is 2.51. The fraction of sp³-hybridized carbons (Fsp3) is 0.385. The van der Waals surface area contributed by atoms with Gasteiger partial charge in [-0.05, 0) is 38.5 Å². The Morgan fingerprint density at radius 1 is 1.44 bits per heavy atom. The molecule has 1 aromatic carbocycles. The highest BCUT2D eigenvalue weighted by Gasteiger charge is 2.23. The molecule has 1 unspecified atom stereocenters. The van der Waals surface area contributed by atoms with Crippen LogP contribution in [0.3, 0.4) is 0 Å². The number of halogens is 1. The van der Waals surface area contributed by atoms with Gasteiger partial charge in [0.2, 0.25) is 5.91 Å². The van der Waals surface area contributed by atoms with Crippen LogP contribution in [0.5, 0.6) is 0 Å². The first-order valence-electron chi connectivity index (χ1n) is 5.69. The average molecular weight is 253 g/mol. The summed E-state index contributed by atoms with van der Waals surface area (Å²) in [4.78, 5) is 23.1. The maximum Gasteiger partial charge on any atom is 0.318 e. The number of ether oxygens (including phenoxy) is 1. The number of nitrogens with one attached hydrogen (secondary N) is 1. The van der Waals surface area contributed by atoms with Crippen molar-refractivity contribution in [3.63, 3.8) is 0 Å². The molecule has 5 heteroatoms. The van der Waals surface area contributed by atoms with Crippen LogP contribution in [0.1, 0.15) is 19.4 Å². The summed E-state index contributed by atoms with van der Waals surface area (Å²) in [5.74, 6) is -2.47. The van der Waals surface area contributed by atoms with Crippen LogP contribution in [-0.4, -0.2) is 18.5 Å². The first-order chi connectivity index (χ1) is 8.45. The molecular weight excluding hydrogens is 237 g/mol. The zero-order valence-corrected chi connectivity index (χ0v) is 10.6. The van der Waals surface area contributed by atoms with Gasteiger partial charge >= 0.3 is 5.97 Å². The molecule has 0 aliphatic rings. The van der Waals surface area contributed by atoms with Crippen molar-refractivity contribution in [1.82, 2.24) is 0 Å². The van der Waals surface area contributed by atoms with Crippen LogP contribution in [0.15, 0.2) is 18.2 Å². The summed E-state index contributed by atoms with van der Waals surface area (Å²) in [6.07, 6.45) is 0. The molecule has 0 bridgehead atoms. The van der Waals surface area contributed by atoms with E-state index in [-0.39, 0.29) is 6.61 Å². The highest BCUT2D eigenvalue weighted by molar-refractivity contribution is 6.04. The monoisotopic (exact) mass is 253 g/mol. The molecule has 4 nitrogen and oxygen atoms in total. The molecule has 1 rings (SSSR count). The van der Waals surface area contributed by atoms with Crippen LogP contribution >= 0.6 is 0 Å². The van der Waals surface area contributed by atoms with E-state index in [1.165, 1.54) is 19.1 Å². The quantitative estimate of drug-likeness (QED) is 0.661. The number of benzene rings is 1. The molecule has 0 aliphatic carbocycles. The predicted octanol–water partition coefficient (Wildman–Crippen LogP) is 2.27. The van der Waals surface area contributed by atoms with Crippen LogP contribution in [0.2, 0.25) is 0 Å². The Balaban J connectivity index is 2.75. The second-order valence-corrected chi connectivity index (χ2v) is 3.92. The topological polar surface area (TPSA) is 55.4 Å². The highest BCUT2D eigenvalue weighted by atomic mass is 19.1. The largest absolute Gasteiger partial charge is 0.465 e. The second-order valence-electron chi connectivity index (χ2n) is 3.92. The van der Waals surface area contributed by atoms with Crippen molar-refractivity contribution in [1.29, 1.82) is 0 Å². The van der Waals surface area contributed by atoms with Gasteiger partial charge < -0.3 is 10.1 Å².